The number of halogens is 1. The number of allylic oxidation sites excluding steroid dienone is 1. The van der Waals surface area contributed by atoms with E-state index in [9.17, 15) is 4.79 Å². The van der Waals surface area contributed by atoms with Gasteiger partial charge in [-0.3, -0.25) is 9.69 Å². The number of rotatable bonds is 4. The lowest BCUT2D eigenvalue weighted by molar-refractivity contribution is 0.0873. The van der Waals surface area contributed by atoms with Crippen molar-refractivity contribution in [2.75, 3.05) is 13.8 Å². The Morgan fingerprint density at radius 2 is 1.90 bits per heavy atom. The Morgan fingerprint density at radius 3 is 2.68 bits per heavy atom. The second kappa shape index (κ2) is 8.10. The van der Waals surface area contributed by atoms with Gasteiger partial charge in [0.15, 0.2) is 5.76 Å². The molecular formula is C25H20ClNO4. The lowest BCUT2D eigenvalue weighted by Crippen LogP contribution is -2.31. The molecule has 0 atom stereocenters. The molecule has 31 heavy (non-hydrogen) atoms. The summed E-state index contributed by atoms with van der Waals surface area (Å²) in [5.41, 5.74) is 3.33. The molecule has 0 spiro atoms. The number of carbonyl (C=O) groups excluding carboxylic acids is 1. The molecule has 0 N–H and O–H groups in total. The van der Waals surface area contributed by atoms with Crippen molar-refractivity contribution in [2.45, 2.75) is 13.1 Å². The molecule has 0 bridgehead atoms. The summed E-state index contributed by atoms with van der Waals surface area (Å²) < 4.78 is 17.2. The molecule has 2 aliphatic heterocycles. The van der Waals surface area contributed by atoms with Gasteiger partial charge in [0.05, 0.1) is 18.2 Å². The number of nitrogens with zero attached hydrogens (tertiary/aromatic N) is 1. The number of ketones is 1. The van der Waals surface area contributed by atoms with Gasteiger partial charge in [-0.2, -0.15) is 0 Å². The van der Waals surface area contributed by atoms with Gasteiger partial charge >= 0.3 is 0 Å². The molecule has 0 saturated heterocycles. The minimum Gasteiger partial charge on any atom is -0.497 e. The zero-order chi connectivity index (χ0) is 21.4. The lowest BCUT2D eigenvalue weighted by atomic mass is 10.0. The van der Waals surface area contributed by atoms with Crippen molar-refractivity contribution in [1.82, 2.24) is 4.90 Å². The number of hydrogen-bond donors (Lipinski definition) is 0. The standard InChI is InChI=1S/C25H20ClNO4/c1-29-18-8-6-16(7-9-18)12-23-24(28)19-10-11-22-20(25(19)31-23)14-27(15-30-22)13-17-4-2-3-5-21(17)26/h2-12H,13-15H2,1H3/b23-12-. The van der Waals surface area contributed by atoms with Gasteiger partial charge in [-0.05, 0) is 47.5 Å². The summed E-state index contributed by atoms with van der Waals surface area (Å²) in [6.07, 6.45) is 1.75. The summed E-state index contributed by atoms with van der Waals surface area (Å²) in [5.74, 6) is 2.25. The van der Waals surface area contributed by atoms with Gasteiger partial charge in [0, 0.05) is 18.1 Å². The molecule has 2 aliphatic rings. The van der Waals surface area contributed by atoms with Gasteiger partial charge in [0.25, 0.3) is 0 Å². The van der Waals surface area contributed by atoms with Gasteiger partial charge in [-0.25, -0.2) is 0 Å². The first-order valence-electron chi connectivity index (χ1n) is 9.95. The summed E-state index contributed by atoms with van der Waals surface area (Å²) in [6, 6.07) is 18.8. The zero-order valence-corrected chi connectivity index (χ0v) is 17.7. The number of benzene rings is 3. The molecule has 5 rings (SSSR count). The Morgan fingerprint density at radius 1 is 1.10 bits per heavy atom. The maximum Gasteiger partial charge on any atom is 0.231 e. The summed E-state index contributed by atoms with van der Waals surface area (Å²) in [5, 5.41) is 0.725. The van der Waals surface area contributed by atoms with Crippen molar-refractivity contribution < 1.29 is 19.0 Å². The highest BCUT2D eigenvalue weighted by molar-refractivity contribution is 6.31. The fourth-order valence-electron chi connectivity index (χ4n) is 3.82. The maximum atomic E-state index is 12.9. The SMILES string of the molecule is COc1ccc(/C=C2\Oc3c(ccc4c3CN(Cc3ccccc3Cl)CO4)C2=O)cc1. The second-order valence-corrected chi connectivity index (χ2v) is 7.89. The average molecular weight is 434 g/mol. The summed E-state index contributed by atoms with van der Waals surface area (Å²) in [6.45, 7) is 1.69. The van der Waals surface area contributed by atoms with E-state index in [4.69, 9.17) is 25.8 Å². The van der Waals surface area contributed by atoms with Crippen LogP contribution in [-0.4, -0.2) is 24.5 Å². The van der Waals surface area contributed by atoms with E-state index in [-0.39, 0.29) is 5.78 Å². The Labute approximate surface area is 185 Å². The zero-order valence-electron chi connectivity index (χ0n) is 16.9. The maximum absolute atomic E-state index is 12.9. The first-order valence-corrected chi connectivity index (χ1v) is 10.3. The highest BCUT2D eigenvalue weighted by Crippen LogP contribution is 2.42. The number of Topliss-reactive ketones (excluding diaryl/α,β-unsaturated/α-hetero) is 1. The largest absolute Gasteiger partial charge is 0.497 e. The van der Waals surface area contributed by atoms with E-state index in [0.29, 0.717) is 36.9 Å². The Bertz CT molecular complexity index is 1190. The molecule has 6 heteroatoms. The van der Waals surface area contributed by atoms with E-state index in [1.54, 1.807) is 19.3 Å². The molecule has 156 valence electrons. The van der Waals surface area contributed by atoms with Gasteiger partial charge in [-0.1, -0.05) is 41.9 Å². The first-order chi connectivity index (χ1) is 15.1. The number of carbonyl (C=O) groups is 1. The van der Waals surface area contributed by atoms with Crippen LogP contribution in [0.25, 0.3) is 6.08 Å². The van der Waals surface area contributed by atoms with E-state index in [2.05, 4.69) is 4.90 Å². The smallest absolute Gasteiger partial charge is 0.231 e. The van der Waals surface area contributed by atoms with E-state index >= 15 is 0 Å². The van der Waals surface area contributed by atoms with E-state index in [1.165, 1.54) is 0 Å². The predicted molar refractivity (Wildman–Crippen MR) is 119 cm³/mol. The van der Waals surface area contributed by atoms with Gasteiger partial charge < -0.3 is 14.2 Å². The van der Waals surface area contributed by atoms with Crippen LogP contribution in [0.15, 0.2) is 66.4 Å². The van der Waals surface area contributed by atoms with Crippen LogP contribution < -0.4 is 14.2 Å². The normalized spacial score (nSPS) is 16.5. The van der Waals surface area contributed by atoms with Crippen molar-refractivity contribution in [3.05, 3.63) is 93.7 Å². The lowest BCUT2D eigenvalue weighted by Gasteiger charge is -2.30. The molecular weight excluding hydrogens is 414 g/mol. The van der Waals surface area contributed by atoms with E-state index in [1.807, 2.05) is 54.6 Å². The molecule has 0 aliphatic carbocycles. The van der Waals surface area contributed by atoms with Crippen LogP contribution in [0.4, 0.5) is 0 Å². The molecule has 3 aromatic rings. The third-order valence-electron chi connectivity index (χ3n) is 5.45. The van der Waals surface area contributed by atoms with E-state index in [0.717, 1.165) is 33.2 Å². The number of ether oxygens (including phenoxy) is 3. The van der Waals surface area contributed by atoms with Crippen LogP contribution >= 0.6 is 11.6 Å². The molecule has 2 heterocycles. The molecule has 0 radical (unpaired) electrons. The van der Waals surface area contributed by atoms with Crippen molar-refractivity contribution in [3.63, 3.8) is 0 Å². The molecule has 3 aromatic carbocycles. The predicted octanol–water partition coefficient (Wildman–Crippen LogP) is 5.32. The van der Waals surface area contributed by atoms with Crippen molar-refractivity contribution in [3.8, 4) is 17.2 Å². The minimum atomic E-state index is -0.128. The van der Waals surface area contributed by atoms with Crippen LogP contribution in [0.3, 0.4) is 0 Å². The number of methoxy groups -OCH3 is 1. The molecule has 0 saturated carbocycles. The summed E-state index contributed by atoms with van der Waals surface area (Å²) in [4.78, 5) is 15.1. The fraction of sp³-hybridized carbons (Fsp3) is 0.160. The van der Waals surface area contributed by atoms with Crippen LogP contribution in [-0.2, 0) is 13.1 Å². The third-order valence-corrected chi connectivity index (χ3v) is 5.82. The molecule has 0 fully saturated rings. The highest BCUT2D eigenvalue weighted by atomic mass is 35.5. The van der Waals surface area contributed by atoms with E-state index < -0.39 is 0 Å². The third kappa shape index (κ3) is 3.78. The summed E-state index contributed by atoms with van der Waals surface area (Å²) >= 11 is 6.32. The fourth-order valence-corrected chi connectivity index (χ4v) is 4.02. The Balaban J connectivity index is 1.41. The van der Waals surface area contributed by atoms with Crippen LogP contribution in [0, 0.1) is 0 Å². The minimum absolute atomic E-state index is 0.128. The first kappa shape index (κ1) is 19.7. The highest BCUT2D eigenvalue weighted by Gasteiger charge is 2.33. The Kier molecular flexibility index (Phi) is 5.14. The quantitative estimate of drug-likeness (QED) is 0.521. The topological polar surface area (TPSA) is 48.0 Å². The molecule has 5 nitrogen and oxygen atoms in total. The van der Waals surface area contributed by atoms with Crippen LogP contribution in [0.2, 0.25) is 5.02 Å². The van der Waals surface area contributed by atoms with Crippen LogP contribution in [0.5, 0.6) is 17.2 Å². The molecule has 0 amide bonds. The average Bonchev–Trinajstić information content (AvgIpc) is 3.11. The second-order valence-electron chi connectivity index (χ2n) is 7.48. The monoisotopic (exact) mass is 433 g/mol. The number of hydrogen-bond acceptors (Lipinski definition) is 5. The van der Waals surface area contributed by atoms with Crippen LogP contribution in [0.1, 0.15) is 27.0 Å². The van der Waals surface area contributed by atoms with Crippen molar-refractivity contribution >= 4 is 23.5 Å². The van der Waals surface area contributed by atoms with Gasteiger partial charge in [0.2, 0.25) is 5.78 Å². The number of fused-ring (bicyclic) bond motifs is 3. The van der Waals surface area contributed by atoms with Crippen molar-refractivity contribution in [2.24, 2.45) is 0 Å². The summed E-state index contributed by atoms with van der Waals surface area (Å²) in [7, 11) is 1.62. The van der Waals surface area contributed by atoms with Gasteiger partial charge in [0.1, 0.15) is 24.0 Å². The molecule has 0 aromatic heterocycles. The van der Waals surface area contributed by atoms with Crippen molar-refractivity contribution in [1.29, 1.82) is 0 Å². The van der Waals surface area contributed by atoms with Gasteiger partial charge in [-0.15, -0.1) is 0 Å². The Hall–Kier alpha value is -3.28. The molecule has 0 unspecified atom stereocenters.